The van der Waals surface area contributed by atoms with Crippen LogP contribution in [0.3, 0.4) is 0 Å². The van der Waals surface area contributed by atoms with Gasteiger partial charge in [0.25, 0.3) is 0 Å². The minimum atomic E-state index is 0.707. The molecule has 4 heteroatoms. The molecule has 0 aliphatic carbocycles. The summed E-state index contributed by atoms with van der Waals surface area (Å²) in [6.45, 7) is 14.0. The second-order valence-corrected chi connectivity index (χ2v) is 34.9. The van der Waals surface area contributed by atoms with Crippen molar-refractivity contribution >= 4 is 54.5 Å². The van der Waals surface area contributed by atoms with Crippen molar-refractivity contribution in [1.29, 1.82) is 0 Å². The van der Waals surface area contributed by atoms with Gasteiger partial charge >= 0.3 is 0 Å². The molecule has 0 aromatic carbocycles. The summed E-state index contributed by atoms with van der Waals surface area (Å²) in [7, 11) is 0. The van der Waals surface area contributed by atoms with Crippen molar-refractivity contribution in [3.8, 4) is 0 Å². The molecule has 0 saturated carbocycles. The van der Waals surface area contributed by atoms with Gasteiger partial charge in [-0.25, -0.2) is 0 Å². The van der Waals surface area contributed by atoms with Crippen LogP contribution >= 0.6 is 54.5 Å². The van der Waals surface area contributed by atoms with E-state index in [2.05, 4.69) is 108 Å². The monoisotopic (exact) mass is 1450 g/mol. The first-order valence-corrected chi connectivity index (χ1v) is 46.2. The fourth-order valence-corrected chi connectivity index (χ4v) is 18.6. The lowest BCUT2D eigenvalue weighted by Gasteiger charge is -2.18. The van der Waals surface area contributed by atoms with Crippen LogP contribution in [0.15, 0.2) is 19.7 Å². The highest BCUT2D eigenvalue weighted by Gasteiger charge is 2.20. The summed E-state index contributed by atoms with van der Waals surface area (Å²) in [5.41, 5.74) is 3.19. The summed E-state index contributed by atoms with van der Waals surface area (Å²) >= 11 is 12.3. The summed E-state index contributed by atoms with van der Waals surface area (Å²) in [5.74, 6) is 1.43. The average molecular weight is 1450 g/mol. The molecule has 0 spiro atoms. The number of hydrogen-bond acceptors (Lipinski definition) is 2. The molecule has 0 aliphatic heterocycles. The van der Waals surface area contributed by atoms with E-state index in [1.165, 1.54) is 470 Å². The van der Waals surface area contributed by atoms with Crippen molar-refractivity contribution in [3.05, 3.63) is 40.6 Å². The first-order chi connectivity index (χ1) is 45.4. The van der Waals surface area contributed by atoms with E-state index in [1.54, 1.807) is 20.9 Å². The van der Waals surface area contributed by atoms with Gasteiger partial charge in [-0.15, -0.1) is 22.7 Å². The zero-order valence-corrected chi connectivity index (χ0v) is 68.6. The Kier molecular flexibility index (Phi) is 72.7. The molecule has 0 amide bonds. The largest absolute Gasteiger partial charge is 0.133 e. The summed E-state index contributed by atoms with van der Waals surface area (Å²) in [5, 5.41) is 0. The second kappa shape index (κ2) is 74.1. The molecule has 0 bridgehead atoms. The quantitative estimate of drug-likeness (QED) is 0.0579. The molecule has 2 rings (SSSR count). The third-order valence-corrected chi connectivity index (χ3v) is 25.4. The maximum absolute atomic E-state index is 4.09. The zero-order chi connectivity index (χ0) is 66.4. The van der Waals surface area contributed by atoms with Crippen LogP contribution in [0.2, 0.25) is 0 Å². The number of aryl methyl sites for hydroxylation is 2. The van der Waals surface area contributed by atoms with Gasteiger partial charge in [0.05, 0.1) is 7.57 Å². The van der Waals surface area contributed by atoms with Crippen molar-refractivity contribution < 1.29 is 0 Å². The number of halogens is 2. The fraction of sp³-hybridized carbons (Fsp3) is 0.909. The Labute approximate surface area is 606 Å². The van der Waals surface area contributed by atoms with Crippen LogP contribution in [0.1, 0.15) is 524 Å². The minimum Gasteiger partial charge on any atom is -0.133 e. The van der Waals surface area contributed by atoms with E-state index < -0.39 is 0 Å². The molecular weight excluding hydrogens is 1280 g/mol. The van der Waals surface area contributed by atoms with Gasteiger partial charge in [-0.1, -0.05) is 452 Å². The molecule has 0 N–H and O–H groups in total. The predicted octanol–water partition coefficient (Wildman–Crippen LogP) is 35.7. The minimum absolute atomic E-state index is 0.707. The van der Waals surface area contributed by atoms with E-state index in [-0.39, 0.29) is 0 Å². The highest BCUT2D eigenvalue weighted by Crippen LogP contribution is 2.42. The molecule has 2 aromatic heterocycles. The average Bonchev–Trinajstić information content (AvgIpc) is 2.20. The zero-order valence-electron chi connectivity index (χ0n) is 63.8. The Bertz CT molecular complexity index is 1670. The molecule has 2 atom stereocenters. The van der Waals surface area contributed by atoms with E-state index in [0.717, 1.165) is 5.92 Å². The Balaban J connectivity index is 0.00000180. The first kappa shape index (κ1) is 90.4. The van der Waals surface area contributed by atoms with Crippen LogP contribution in [-0.4, -0.2) is 0 Å². The van der Waals surface area contributed by atoms with Crippen LogP contribution in [-0.2, 0) is 12.8 Å². The third kappa shape index (κ3) is 59.2. The SMILES string of the molecule is CCCCCCCCCCCCCCCCCCCC.CCCCCCCCCCCCCCCCCCCCc1cc(C(CC)CCCC(CCCCCCCCCCCCC)c2cc(CCCCCCCCCCCCCCCCCCCC)c(Br)s2)sc1Br. The van der Waals surface area contributed by atoms with E-state index >= 15 is 0 Å². The van der Waals surface area contributed by atoms with E-state index in [0.29, 0.717) is 5.92 Å². The van der Waals surface area contributed by atoms with Crippen LogP contribution in [0, 0.1) is 0 Å². The van der Waals surface area contributed by atoms with Gasteiger partial charge in [0.1, 0.15) is 0 Å². The Morgan fingerprint density at radius 3 is 0.609 bits per heavy atom. The van der Waals surface area contributed by atoms with E-state index in [4.69, 9.17) is 0 Å². The normalized spacial score (nSPS) is 12.3. The van der Waals surface area contributed by atoms with Gasteiger partial charge in [0.2, 0.25) is 0 Å². The lowest BCUT2D eigenvalue weighted by molar-refractivity contribution is 0.478. The van der Waals surface area contributed by atoms with Crippen LogP contribution in [0.5, 0.6) is 0 Å². The summed E-state index contributed by atoms with van der Waals surface area (Å²) < 4.78 is 2.86. The van der Waals surface area contributed by atoms with Crippen molar-refractivity contribution in [2.75, 3.05) is 0 Å². The van der Waals surface area contributed by atoms with Gasteiger partial charge in [-0.05, 0) is 118 Å². The molecule has 2 aromatic rings. The second-order valence-electron chi connectivity index (χ2n) is 30.1. The Morgan fingerprint density at radius 2 is 0.391 bits per heavy atom. The molecule has 544 valence electrons. The van der Waals surface area contributed by atoms with Crippen molar-refractivity contribution in [1.82, 2.24) is 0 Å². The van der Waals surface area contributed by atoms with Crippen molar-refractivity contribution in [2.24, 2.45) is 0 Å². The maximum atomic E-state index is 4.09. The fourth-order valence-electron chi connectivity index (χ4n) is 14.6. The Morgan fingerprint density at radius 1 is 0.217 bits per heavy atom. The molecule has 0 saturated heterocycles. The van der Waals surface area contributed by atoms with Crippen LogP contribution < -0.4 is 0 Å². The molecule has 0 radical (unpaired) electrons. The highest BCUT2D eigenvalue weighted by atomic mass is 79.9. The number of rotatable bonds is 74. The third-order valence-electron chi connectivity index (χ3n) is 21.2. The molecule has 2 heterocycles. The van der Waals surface area contributed by atoms with Gasteiger partial charge in [-0.3, -0.25) is 0 Å². The first-order valence-electron chi connectivity index (χ1n) is 43.0. The molecule has 92 heavy (non-hydrogen) atoms. The number of unbranched alkanes of at least 4 members (excludes halogenated alkanes) is 61. The van der Waals surface area contributed by atoms with E-state index in [9.17, 15) is 0 Å². The van der Waals surface area contributed by atoms with Crippen LogP contribution in [0.25, 0.3) is 0 Å². The molecule has 0 fully saturated rings. The van der Waals surface area contributed by atoms with Crippen molar-refractivity contribution in [3.63, 3.8) is 0 Å². The lowest BCUT2D eigenvalue weighted by atomic mass is 9.89. The maximum Gasteiger partial charge on any atom is 0.0733 e. The van der Waals surface area contributed by atoms with Gasteiger partial charge in [-0.2, -0.15) is 0 Å². The van der Waals surface area contributed by atoms with Crippen molar-refractivity contribution in [2.45, 2.75) is 516 Å². The molecule has 0 nitrogen and oxygen atoms in total. The van der Waals surface area contributed by atoms with Gasteiger partial charge in [0, 0.05) is 9.75 Å². The molecular formula is C88H166Br2S2. The summed E-state index contributed by atoms with van der Waals surface area (Å²) in [6, 6.07) is 5.27. The van der Waals surface area contributed by atoms with Gasteiger partial charge in [0.15, 0.2) is 0 Å². The standard InChI is InChI=1S/C68H124Br2S2.C20H42/c1-5-9-12-15-18-21-24-26-28-30-32-34-36-39-42-45-48-51-55-63-59-65(71-67(63)69)61(8-4)57-53-58-62(54-50-47-44-41-38-23-20-17-14-11-7-3)66-60-64(68(70)72-66)56-52-49-46-43-40-37-35-33-31-29-27-25-22-19-16-13-10-6-2;1-3-5-7-9-11-13-15-17-19-20-18-16-14-12-10-8-6-4-2/h59-62H,5-58H2,1-4H3;3-20H2,1-2H3. The predicted molar refractivity (Wildman–Crippen MR) is 434 cm³/mol. The molecule has 0 aliphatic rings. The highest BCUT2D eigenvalue weighted by molar-refractivity contribution is 9.11. The Hall–Kier alpha value is 0.360. The number of hydrogen-bond donors (Lipinski definition) is 0. The summed E-state index contributed by atoms with van der Waals surface area (Å²) in [4.78, 5) is 3.33. The smallest absolute Gasteiger partial charge is 0.0733 e. The molecule has 2 unspecified atom stereocenters. The topological polar surface area (TPSA) is 0 Å². The van der Waals surface area contributed by atoms with Gasteiger partial charge < -0.3 is 0 Å². The lowest BCUT2D eigenvalue weighted by Crippen LogP contribution is -2.01. The number of thiophene rings is 2. The van der Waals surface area contributed by atoms with Crippen LogP contribution in [0.4, 0.5) is 0 Å². The summed E-state index contributed by atoms with van der Waals surface area (Å²) in [6.07, 6.45) is 103. The van der Waals surface area contributed by atoms with E-state index in [1.807, 2.05) is 0 Å².